The highest BCUT2D eigenvalue weighted by Gasteiger charge is 2.28. The van der Waals surface area contributed by atoms with Crippen molar-refractivity contribution < 1.29 is 9.59 Å². The summed E-state index contributed by atoms with van der Waals surface area (Å²) in [6, 6.07) is 18.5. The topological polar surface area (TPSA) is 61.4 Å². The summed E-state index contributed by atoms with van der Waals surface area (Å²) < 4.78 is 0. The van der Waals surface area contributed by atoms with Gasteiger partial charge in [-0.25, -0.2) is 0 Å². The molecule has 4 rings (SSSR count). The van der Waals surface area contributed by atoms with E-state index in [0.717, 1.165) is 35.2 Å². The number of nitrogens with zero attached hydrogens (tertiary/aromatic N) is 1. The average Bonchev–Trinajstić information content (AvgIpc) is 2.99. The van der Waals surface area contributed by atoms with E-state index in [1.807, 2.05) is 50.4 Å². The van der Waals surface area contributed by atoms with Gasteiger partial charge in [0.15, 0.2) is 0 Å². The predicted molar refractivity (Wildman–Crippen MR) is 139 cm³/mol. The van der Waals surface area contributed by atoms with E-state index in [4.69, 9.17) is 23.2 Å². The molecular weight excluding hydrogens is 469 g/mol. The molecule has 0 aromatic heterocycles. The van der Waals surface area contributed by atoms with E-state index in [1.165, 1.54) is 0 Å². The summed E-state index contributed by atoms with van der Waals surface area (Å²) >= 11 is 12.8. The molecule has 2 N–H and O–H groups in total. The second kappa shape index (κ2) is 10.6. The molecule has 0 spiro atoms. The second-order valence-electron chi connectivity index (χ2n) is 8.49. The van der Waals surface area contributed by atoms with Crippen LogP contribution in [0.5, 0.6) is 0 Å². The van der Waals surface area contributed by atoms with Crippen molar-refractivity contribution in [1.82, 2.24) is 5.32 Å². The number of hydrogen-bond donors (Lipinski definition) is 2. The van der Waals surface area contributed by atoms with Crippen LogP contribution in [-0.2, 0) is 11.2 Å². The Bertz CT molecular complexity index is 1230. The Hall–Kier alpha value is -2.86. The minimum atomic E-state index is -0.178. The van der Waals surface area contributed by atoms with Crippen molar-refractivity contribution in [2.75, 3.05) is 23.8 Å². The molecular formula is C27H27Cl2N3O2. The number of nitrogens with one attached hydrogen (secondary N) is 2. The number of rotatable bonds is 5. The summed E-state index contributed by atoms with van der Waals surface area (Å²) in [7, 11) is 1.91. The maximum Gasteiger partial charge on any atom is 0.259 e. The lowest BCUT2D eigenvalue weighted by molar-refractivity contribution is -0.115. The molecule has 1 aliphatic rings. The normalized spacial score (nSPS) is 15.4. The number of aryl methyl sites for hydroxylation is 1. The van der Waals surface area contributed by atoms with Crippen molar-refractivity contribution in [3.8, 4) is 0 Å². The van der Waals surface area contributed by atoms with Crippen LogP contribution in [0.3, 0.4) is 0 Å². The zero-order valence-electron chi connectivity index (χ0n) is 19.2. The van der Waals surface area contributed by atoms with Gasteiger partial charge in [0.2, 0.25) is 5.91 Å². The Kier molecular flexibility index (Phi) is 7.57. The number of benzene rings is 3. The van der Waals surface area contributed by atoms with E-state index in [-0.39, 0.29) is 24.3 Å². The quantitative estimate of drug-likeness (QED) is 0.443. The number of carbonyl (C=O) groups excluding carboxylic acids is 2. The number of fused-ring (bicyclic) bond motifs is 1. The molecule has 7 heteroatoms. The standard InChI is InChI=1S/C27H27Cl2N3O2/c1-17-6-3-4-7-18(17)14-26(33)31-20-10-11-21(23(29)16-20)27(34)32-13-5-8-24(30-2)22-15-19(28)9-12-25(22)32/h3-4,6-7,9-12,15-16,24,30H,5,8,13-14H2,1-2H3,(H,31,33). The maximum atomic E-state index is 13.5. The Morgan fingerprint density at radius 3 is 2.59 bits per heavy atom. The fourth-order valence-electron chi connectivity index (χ4n) is 4.39. The Balaban J connectivity index is 1.54. The van der Waals surface area contributed by atoms with Crippen molar-refractivity contribution in [3.05, 3.63) is 93.0 Å². The van der Waals surface area contributed by atoms with Crippen LogP contribution in [0.1, 0.15) is 45.9 Å². The lowest BCUT2D eigenvalue weighted by Gasteiger charge is -2.25. The second-order valence-corrected chi connectivity index (χ2v) is 9.33. The molecule has 5 nitrogen and oxygen atoms in total. The maximum absolute atomic E-state index is 13.5. The van der Waals surface area contributed by atoms with E-state index in [2.05, 4.69) is 10.6 Å². The fraction of sp³-hybridized carbons (Fsp3) is 0.259. The number of amides is 2. The lowest BCUT2D eigenvalue weighted by atomic mass is 10.0. The van der Waals surface area contributed by atoms with Gasteiger partial charge < -0.3 is 15.5 Å². The third-order valence-electron chi connectivity index (χ3n) is 6.22. The van der Waals surface area contributed by atoms with Crippen molar-refractivity contribution in [1.29, 1.82) is 0 Å². The first kappa shape index (κ1) is 24.3. The van der Waals surface area contributed by atoms with Crippen LogP contribution < -0.4 is 15.5 Å². The first-order valence-electron chi connectivity index (χ1n) is 11.3. The van der Waals surface area contributed by atoms with E-state index in [0.29, 0.717) is 27.8 Å². The number of hydrogen-bond acceptors (Lipinski definition) is 3. The van der Waals surface area contributed by atoms with E-state index in [9.17, 15) is 9.59 Å². The molecule has 0 aliphatic carbocycles. The number of carbonyl (C=O) groups is 2. The Morgan fingerprint density at radius 1 is 1.06 bits per heavy atom. The summed E-state index contributed by atoms with van der Waals surface area (Å²) in [6.45, 7) is 2.56. The monoisotopic (exact) mass is 495 g/mol. The van der Waals surface area contributed by atoms with Crippen molar-refractivity contribution >= 4 is 46.4 Å². The molecule has 1 atom stereocenters. The van der Waals surface area contributed by atoms with Gasteiger partial charge in [0, 0.05) is 29.0 Å². The van der Waals surface area contributed by atoms with E-state index in [1.54, 1.807) is 29.2 Å². The first-order chi connectivity index (χ1) is 16.4. The van der Waals surface area contributed by atoms with Crippen molar-refractivity contribution in [2.45, 2.75) is 32.2 Å². The van der Waals surface area contributed by atoms with Gasteiger partial charge in [0.25, 0.3) is 5.91 Å². The third kappa shape index (κ3) is 5.27. The van der Waals surface area contributed by atoms with Crippen LogP contribution in [0.25, 0.3) is 0 Å². The zero-order valence-corrected chi connectivity index (χ0v) is 20.7. The van der Waals surface area contributed by atoms with Crippen molar-refractivity contribution in [3.63, 3.8) is 0 Å². The van der Waals surface area contributed by atoms with Crippen LogP contribution >= 0.6 is 23.2 Å². The van der Waals surface area contributed by atoms with Crippen LogP contribution in [0.4, 0.5) is 11.4 Å². The Labute approximate surface area is 210 Å². The number of anilines is 2. The summed E-state index contributed by atoms with van der Waals surface area (Å²) in [5, 5.41) is 7.13. The highest BCUT2D eigenvalue weighted by Crippen LogP contribution is 2.36. The molecule has 1 aliphatic heterocycles. The van der Waals surface area contributed by atoms with Crippen LogP contribution in [0, 0.1) is 6.92 Å². The van der Waals surface area contributed by atoms with Gasteiger partial charge in [-0.2, -0.15) is 0 Å². The molecule has 2 amide bonds. The van der Waals surface area contributed by atoms with Crippen molar-refractivity contribution in [2.24, 2.45) is 0 Å². The lowest BCUT2D eigenvalue weighted by Crippen LogP contribution is -2.32. The average molecular weight is 496 g/mol. The van der Waals surface area contributed by atoms with Gasteiger partial charge in [-0.1, -0.05) is 47.5 Å². The fourth-order valence-corrected chi connectivity index (χ4v) is 4.83. The summed E-state index contributed by atoms with van der Waals surface area (Å²) in [4.78, 5) is 27.8. The van der Waals surface area contributed by atoms with Gasteiger partial charge in [0.1, 0.15) is 0 Å². The molecule has 1 heterocycles. The smallest absolute Gasteiger partial charge is 0.259 e. The Morgan fingerprint density at radius 2 is 1.85 bits per heavy atom. The zero-order chi connectivity index (χ0) is 24.2. The minimum absolute atomic E-state index is 0.118. The summed E-state index contributed by atoms with van der Waals surface area (Å²) in [5.41, 5.74) is 4.81. The van der Waals surface area contributed by atoms with Gasteiger partial charge >= 0.3 is 0 Å². The highest BCUT2D eigenvalue weighted by atomic mass is 35.5. The van der Waals surface area contributed by atoms with Gasteiger partial charge in [-0.3, -0.25) is 9.59 Å². The largest absolute Gasteiger partial charge is 0.326 e. The summed E-state index contributed by atoms with van der Waals surface area (Å²) in [6.07, 6.45) is 2.01. The van der Waals surface area contributed by atoms with Gasteiger partial charge in [-0.05, 0) is 79.9 Å². The van der Waals surface area contributed by atoms with Crippen LogP contribution in [0.2, 0.25) is 10.0 Å². The van der Waals surface area contributed by atoms with E-state index < -0.39 is 0 Å². The summed E-state index contributed by atoms with van der Waals surface area (Å²) in [5.74, 6) is -0.316. The molecule has 0 fully saturated rings. The molecule has 176 valence electrons. The first-order valence-corrected chi connectivity index (χ1v) is 12.1. The molecule has 0 saturated carbocycles. The highest BCUT2D eigenvalue weighted by molar-refractivity contribution is 6.35. The molecule has 1 unspecified atom stereocenters. The molecule has 3 aromatic carbocycles. The molecule has 0 saturated heterocycles. The molecule has 0 bridgehead atoms. The van der Waals surface area contributed by atoms with Crippen LogP contribution in [0.15, 0.2) is 60.7 Å². The number of halogens is 2. The SMILES string of the molecule is CNC1CCCN(C(=O)c2ccc(NC(=O)Cc3ccccc3C)cc2Cl)c2ccc(Cl)cc21. The van der Waals surface area contributed by atoms with E-state index >= 15 is 0 Å². The minimum Gasteiger partial charge on any atom is -0.326 e. The van der Waals surface area contributed by atoms with Crippen LogP contribution in [-0.4, -0.2) is 25.4 Å². The molecule has 0 radical (unpaired) electrons. The molecule has 3 aromatic rings. The molecule has 34 heavy (non-hydrogen) atoms. The van der Waals surface area contributed by atoms with Gasteiger partial charge in [0.05, 0.1) is 17.0 Å². The third-order valence-corrected chi connectivity index (χ3v) is 6.77. The predicted octanol–water partition coefficient (Wildman–Crippen LogP) is 6.18. The van der Waals surface area contributed by atoms with Gasteiger partial charge in [-0.15, -0.1) is 0 Å².